The lowest BCUT2D eigenvalue weighted by Gasteiger charge is -2.13. The lowest BCUT2D eigenvalue weighted by atomic mass is 10.1. The van der Waals surface area contributed by atoms with Crippen LogP contribution in [0.3, 0.4) is 0 Å². The van der Waals surface area contributed by atoms with Crippen molar-refractivity contribution in [1.29, 1.82) is 0 Å². The Bertz CT molecular complexity index is 684. The van der Waals surface area contributed by atoms with Crippen LogP contribution in [-0.2, 0) is 6.42 Å². The van der Waals surface area contributed by atoms with Crippen molar-refractivity contribution in [1.82, 2.24) is 5.32 Å². The molecule has 5 heteroatoms. The second kappa shape index (κ2) is 9.57. The Labute approximate surface area is 149 Å². The second-order valence-corrected chi connectivity index (χ2v) is 5.69. The van der Waals surface area contributed by atoms with Gasteiger partial charge in [-0.15, -0.1) is 0 Å². The molecule has 134 valence electrons. The van der Waals surface area contributed by atoms with Crippen LogP contribution in [0.25, 0.3) is 0 Å². The van der Waals surface area contributed by atoms with Crippen molar-refractivity contribution in [3.63, 3.8) is 0 Å². The van der Waals surface area contributed by atoms with E-state index in [9.17, 15) is 4.79 Å². The first-order chi connectivity index (χ1) is 12.1. The molecule has 0 saturated carbocycles. The summed E-state index contributed by atoms with van der Waals surface area (Å²) in [6.07, 6.45) is 1.67. The van der Waals surface area contributed by atoms with E-state index in [4.69, 9.17) is 15.2 Å². The van der Waals surface area contributed by atoms with Crippen LogP contribution < -0.4 is 20.5 Å². The third-order valence-electron chi connectivity index (χ3n) is 3.65. The maximum Gasteiger partial charge on any atom is 0.251 e. The Balaban J connectivity index is 1.95. The zero-order chi connectivity index (χ0) is 18.1. The number of ether oxygens (including phenoxy) is 2. The molecule has 3 N–H and O–H groups in total. The van der Waals surface area contributed by atoms with Crippen molar-refractivity contribution in [3.05, 3.63) is 53.6 Å². The monoisotopic (exact) mass is 342 g/mol. The van der Waals surface area contributed by atoms with Crippen LogP contribution in [0, 0.1) is 0 Å². The summed E-state index contributed by atoms with van der Waals surface area (Å²) >= 11 is 0. The Morgan fingerprint density at radius 1 is 1.04 bits per heavy atom. The molecule has 0 aliphatic rings. The fourth-order valence-corrected chi connectivity index (χ4v) is 2.36. The normalized spacial score (nSPS) is 10.3. The van der Waals surface area contributed by atoms with Crippen LogP contribution in [0.2, 0.25) is 0 Å². The number of amides is 1. The SMILES string of the molecule is CCCOc1ccc(C(=O)NCCc2ccc(N)cc2)cc1OCC. The average Bonchev–Trinajstić information content (AvgIpc) is 2.62. The third-order valence-corrected chi connectivity index (χ3v) is 3.65. The van der Waals surface area contributed by atoms with Gasteiger partial charge in [-0.25, -0.2) is 0 Å². The number of carbonyl (C=O) groups excluding carboxylic acids is 1. The van der Waals surface area contributed by atoms with Gasteiger partial charge in [0.1, 0.15) is 0 Å². The van der Waals surface area contributed by atoms with Gasteiger partial charge in [0, 0.05) is 17.8 Å². The van der Waals surface area contributed by atoms with Gasteiger partial charge in [0.25, 0.3) is 5.91 Å². The molecule has 0 radical (unpaired) electrons. The molecule has 0 aliphatic carbocycles. The van der Waals surface area contributed by atoms with Gasteiger partial charge in [-0.05, 0) is 55.7 Å². The predicted octanol–water partition coefficient (Wildman–Crippen LogP) is 3.43. The molecule has 0 saturated heterocycles. The highest BCUT2D eigenvalue weighted by Gasteiger charge is 2.11. The topological polar surface area (TPSA) is 73.6 Å². The molecule has 0 bridgehead atoms. The molecule has 2 rings (SSSR count). The number of rotatable bonds is 9. The van der Waals surface area contributed by atoms with Crippen molar-refractivity contribution in [2.45, 2.75) is 26.7 Å². The highest BCUT2D eigenvalue weighted by atomic mass is 16.5. The number of hydrogen-bond donors (Lipinski definition) is 2. The summed E-state index contributed by atoms with van der Waals surface area (Å²) in [4.78, 5) is 12.3. The fraction of sp³-hybridized carbons (Fsp3) is 0.350. The van der Waals surface area contributed by atoms with Gasteiger partial charge in [0.15, 0.2) is 11.5 Å². The van der Waals surface area contributed by atoms with E-state index >= 15 is 0 Å². The summed E-state index contributed by atoms with van der Waals surface area (Å²) in [5, 5.41) is 2.93. The van der Waals surface area contributed by atoms with E-state index in [0.29, 0.717) is 36.8 Å². The fourth-order valence-electron chi connectivity index (χ4n) is 2.36. The number of nitrogens with two attached hydrogens (primary N) is 1. The number of benzene rings is 2. The maximum absolute atomic E-state index is 12.3. The summed E-state index contributed by atoms with van der Waals surface area (Å²) in [7, 11) is 0. The Hall–Kier alpha value is -2.69. The standard InChI is InChI=1S/C20H26N2O3/c1-3-13-25-18-10-7-16(14-19(18)24-4-2)20(23)22-12-11-15-5-8-17(21)9-6-15/h5-10,14H,3-4,11-13,21H2,1-2H3,(H,22,23). The molecule has 5 nitrogen and oxygen atoms in total. The van der Waals surface area contributed by atoms with E-state index in [0.717, 1.165) is 24.1 Å². The van der Waals surface area contributed by atoms with Gasteiger partial charge in [0.05, 0.1) is 13.2 Å². The van der Waals surface area contributed by atoms with Gasteiger partial charge in [-0.2, -0.15) is 0 Å². The summed E-state index contributed by atoms with van der Waals surface area (Å²) in [5.74, 6) is 1.14. The molecule has 0 unspecified atom stereocenters. The molecule has 25 heavy (non-hydrogen) atoms. The van der Waals surface area contributed by atoms with E-state index in [-0.39, 0.29) is 5.91 Å². The molecule has 2 aromatic rings. The Morgan fingerprint density at radius 3 is 2.48 bits per heavy atom. The first-order valence-electron chi connectivity index (χ1n) is 8.66. The molecule has 1 amide bonds. The second-order valence-electron chi connectivity index (χ2n) is 5.69. The summed E-state index contributed by atoms with van der Waals surface area (Å²) in [6, 6.07) is 12.9. The summed E-state index contributed by atoms with van der Waals surface area (Å²) in [6.45, 7) is 5.64. The molecule has 0 aromatic heterocycles. The van der Waals surface area contributed by atoms with Crippen molar-refractivity contribution >= 4 is 11.6 Å². The van der Waals surface area contributed by atoms with Gasteiger partial charge < -0.3 is 20.5 Å². The van der Waals surface area contributed by atoms with Crippen LogP contribution >= 0.6 is 0 Å². The first-order valence-corrected chi connectivity index (χ1v) is 8.66. The summed E-state index contributed by atoms with van der Waals surface area (Å²) in [5.41, 5.74) is 8.10. The van der Waals surface area contributed by atoms with E-state index in [1.807, 2.05) is 38.1 Å². The Morgan fingerprint density at radius 2 is 1.80 bits per heavy atom. The lowest BCUT2D eigenvalue weighted by Crippen LogP contribution is -2.25. The summed E-state index contributed by atoms with van der Waals surface area (Å²) < 4.78 is 11.2. The third kappa shape index (κ3) is 5.71. The van der Waals surface area contributed by atoms with E-state index in [1.165, 1.54) is 0 Å². The number of carbonyl (C=O) groups is 1. The number of nitrogen functional groups attached to an aromatic ring is 1. The minimum absolute atomic E-state index is 0.126. The number of nitrogens with one attached hydrogen (secondary N) is 1. The minimum atomic E-state index is -0.126. The molecule has 0 aliphatic heterocycles. The van der Waals surface area contributed by atoms with E-state index in [1.54, 1.807) is 18.2 Å². The molecular weight excluding hydrogens is 316 g/mol. The molecule has 0 fully saturated rings. The van der Waals surface area contributed by atoms with Crippen molar-refractivity contribution in [2.24, 2.45) is 0 Å². The highest BCUT2D eigenvalue weighted by molar-refractivity contribution is 5.94. The smallest absolute Gasteiger partial charge is 0.251 e. The molecular formula is C20H26N2O3. The van der Waals surface area contributed by atoms with Gasteiger partial charge in [0.2, 0.25) is 0 Å². The quantitative estimate of drug-likeness (QED) is 0.685. The van der Waals surface area contributed by atoms with Crippen molar-refractivity contribution in [3.8, 4) is 11.5 Å². The first kappa shape index (κ1) is 18.6. The van der Waals surface area contributed by atoms with Crippen molar-refractivity contribution in [2.75, 3.05) is 25.5 Å². The zero-order valence-corrected chi connectivity index (χ0v) is 14.9. The van der Waals surface area contributed by atoms with Crippen LogP contribution in [0.4, 0.5) is 5.69 Å². The van der Waals surface area contributed by atoms with Gasteiger partial charge >= 0.3 is 0 Å². The highest BCUT2D eigenvalue weighted by Crippen LogP contribution is 2.28. The van der Waals surface area contributed by atoms with Crippen LogP contribution in [0.5, 0.6) is 11.5 Å². The van der Waals surface area contributed by atoms with E-state index in [2.05, 4.69) is 5.32 Å². The van der Waals surface area contributed by atoms with Crippen LogP contribution in [0.1, 0.15) is 36.2 Å². The average molecular weight is 342 g/mol. The molecule has 0 atom stereocenters. The number of anilines is 1. The number of hydrogen-bond acceptors (Lipinski definition) is 4. The largest absolute Gasteiger partial charge is 0.490 e. The zero-order valence-electron chi connectivity index (χ0n) is 14.9. The molecule has 0 heterocycles. The Kier molecular flexibility index (Phi) is 7.14. The van der Waals surface area contributed by atoms with Gasteiger partial charge in [-0.1, -0.05) is 19.1 Å². The predicted molar refractivity (Wildman–Crippen MR) is 100 cm³/mol. The van der Waals surface area contributed by atoms with Crippen molar-refractivity contribution < 1.29 is 14.3 Å². The minimum Gasteiger partial charge on any atom is -0.490 e. The lowest BCUT2D eigenvalue weighted by molar-refractivity contribution is 0.0953. The maximum atomic E-state index is 12.3. The van der Waals surface area contributed by atoms with Crippen LogP contribution in [0.15, 0.2) is 42.5 Å². The molecule has 2 aromatic carbocycles. The van der Waals surface area contributed by atoms with Crippen LogP contribution in [-0.4, -0.2) is 25.7 Å². The van der Waals surface area contributed by atoms with E-state index < -0.39 is 0 Å². The molecule has 0 spiro atoms. The van der Waals surface area contributed by atoms with Gasteiger partial charge in [-0.3, -0.25) is 4.79 Å².